The summed E-state index contributed by atoms with van der Waals surface area (Å²) in [7, 11) is 0. The highest BCUT2D eigenvalue weighted by Gasteiger charge is 2.51. The number of ether oxygens (including phenoxy) is 1. The van der Waals surface area contributed by atoms with E-state index in [2.05, 4.69) is 138 Å². The van der Waals surface area contributed by atoms with Gasteiger partial charge >= 0.3 is 0 Å². The molecule has 0 fully saturated rings. The first kappa shape index (κ1) is 28.0. The predicted molar refractivity (Wildman–Crippen MR) is 202 cm³/mol. The molecule has 3 heterocycles. The fraction of sp³-hybridized carbons (Fsp3) is 0.0217. The van der Waals surface area contributed by atoms with Gasteiger partial charge in [0.1, 0.15) is 11.5 Å². The molecule has 1 aliphatic heterocycles. The predicted octanol–water partition coefficient (Wildman–Crippen LogP) is 10.8. The fourth-order valence-electron chi connectivity index (χ4n) is 8.50. The van der Waals surface area contributed by atoms with Gasteiger partial charge in [-0.2, -0.15) is 9.97 Å². The number of hydrogen-bond acceptors (Lipinski definition) is 4. The van der Waals surface area contributed by atoms with Gasteiger partial charge in [0, 0.05) is 38.6 Å². The Balaban J connectivity index is 1.31. The molecule has 5 nitrogen and oxygen atoms in total. The minimum atomic E-state index is -0.587. The second-order valence-corrected chi connectivity index (χ2v) is 13.1. The minimum Gasteiger partial charge on any atom is -0.457 e. The lowest BCUT2D eigenvalue weighted by Crippen LogP contribution is -2.32. The molecule has 11 rings (SSSR count). The van der Waals surface area contributed by atoms with E-state index in [-0.39, 0.29) is 0 Å². The van der Waals surface area contributed by atoms with Crippen LogP contribution in [-0.2, 0) is 5.41 Å². The van der Waals surface area contributed by atoms with Gasteiger partial charge in [-0.15, -0.1) is 0 Å². The van der Waals surface area contributed by atoms with Crippen LogP contribution in [0.1, 0.15) is 22.3 Å². The second-order valence-electron chi connectivity index (χ2n) is 13.1. The molecule has 238 valence electrons. The third-order valence-electron chi connectivity index (χ3n) is 10.5. The largest absolute Gasteiger partial charge is 0.457 e. The molecule has 0 bridgehead atoms. The average molecular weight is 653 g/mol. The molecule has 0 saturated carbocycles. The molecule has 1 spiro atoms. The SMILES string of the molecule is c1ccc(-c2nc(-c3ccccc3)nc(-n3c4ccccc4c4ccc5c(c43)-c3ccccc3C53c4ccccc4Oc4ccccc43)n2)cc1. The highest BCUT2D eigenvalue weighted by molar-refractivity contribution is 6.16. The van der Waals surface area contributed by atoms with Crippen molar-refractivity contribution in [3.05, 3.63) is 192 Å². The van der Waals surface area contributed by atoms with E-state index in [0.29, 0.717) is 17.6 Å². The monoisotopic (exact) mass is 652 g/mol. The van der Waals surface area contributed by atoms with Crippen LogP contribution in [0.5, 0.6) is 11.5 Å². The summed E-state index contributed by atoms with van der Waals surface area (Å²) >= 11 is 0. The summed E-state index contributed by atoms with van der Waals surface area (Å²) in [5.74, 6) is 3.58. The number of para-hydroxylation sites is 3. The Morgan fingerprint density at radius 2 is 0.980 bits per heavy atom. The van der Waals surface area contributed by atoms with Crippen molar-refractivity contribution in [1.82, 2.24) is 19.5 Å². The number of nitrogens with zero attached hydrogens (tertiary/aromatic N) is 4. The van der Waals surface area contributed by atoms with Gasteiger partial charge in [-0.3, -0.25) is 4.57 Å². The average Bonchev–Trinajstić information content (AvgIpc) is 3.70. The molecular formula is C46H28N4O. The van der Waals surface area contributed by atoms with Crippen LogP contribution >= 0.6 is 0 Å². The Morgan fingerprint density at radius 1 is 0.431 bits per heavy atom. The van der Waals surface area contributed by atoms with Gasteiger partial charge in [-0.05, 0) is 34.9 Å². The summed E-state index contributed by atoms with van der Waals surface area (Å²) in [6.07, 6.45) is 0. The van der Waals surface area contributed by atoms with Crippen LogP contribution in [0.2, 0.25) is 0 Å². The standard InChI is InChI=1S/C46H28N4O/c1-3-15-29(16-4-1)43-47-44(30-17-5-2-6-18-30)49-45(48-43)50-38-24-12-8-19-31(38)32-27-28-37-41(42(32)50)33-20-7-9-21-34(33)46(37)35-22-10-13-25-39(35)51-40-26-14-11-23-36(40)46/h1-28H. The molecule has 2 aliphatic rings. The van der Waals surface area contributed by atoms with E-state index in [1.54, 1.807) is 0 Å². The van der Waals surface area contributed by atoms with Crippen LogP contribution in [-0.4, -0.2) is 19.5 Å². The maximum Gasteiger partial charge on any atom is 0.238 e. The van der Waals surface area contributed by atoms with Crippen LogP contribution in [0.4, 0.5) is 0 Å². The van der Waals surface area contributed by atoms with Crippen molar-refractivity contribution in [1.29, 1.82) is 0 Å². The first-order chi connectivity index (χ1) is 25.3. The third kappa shape index (κ3) is 3.83. The van der Waals surface area contributed by atoms with E-state index in [1.165, 1.54) is 22.3 Å². The first-order valence-corrected chi connectivity index (χ1v) is 17.2. The number of aromatic nitrogens is 4. The minimum absolute atomic E-state index is 0.577. The Morgan fingerprint density at radius 3 is 1.65 bits per heavy atom. The Kier molecular flexibility index (Phi) is 5.81. The van der Waals surface area contributed by atoms with Crippen molar-refractivity contribution in [3.63, 3.8) is 0 Å². The molecule has 0 unspecified atom stereocenters. The van der Waals surface area contributed by atoms with Crippen molar-refractivity contribution >= 4 is 21.8 Å². The molecule has 5 heteroatoms. The van der Waals surface area contributed by atoms with Crippen molar-refractivity contribution in [2.24, 2.45) is 0 Å². The smallest absolute Gasteiger partial charge is 0.238 e. The zero-order chi connectivity index (χ0) is 33.5. The van der Waals surface area contributed by atoms with Crippen LogP contribution in [0.3, 0.4) is 0 Å². The normalized spacial score (nSPS) is 13.4. The molecule has 0 N–H and O–H groups in total. The molecule has 7 aromatic carbocycles. The third-order valence-corrected chi connectivity index (χ3v) is 10.5. The van der Waals surface area contributed by atoms with Gasteiger partial charge in [0.05, 0.1) is 16.4 Å². The molecule has 51 heavy (non-hydrogen) atoms. The van der Waals surface area contributed by atoms with Gasteiger partial charge < -0.3 is 4.74 Å². The molecule has 0 amide bonds. The van der Waals surface area contributed by atoms with Gasteiger partial charge in [0.25, 0.3) is 0 Å². The van der Waals surface area contributed by atoms with E-state index in [4.69, 9.17) is 19.7 Å². The zero-order valence-electron chi connectivity index (χ0n) is 27.4. The van der Waals surface area contributed by atoms with Crippen LogP contribution in [0, 0.1) is 0 Å². The van der Waals surface area contributed by atoms with E-state index in [1.807, 2.05) is 36.4 Å². The molecule has 0 atom stereocenters. The van der Waals surface area contributed by atoms with Gasteiger partial charge in [-0.1, -0.05) is 152 Å². The van der Waals surface area contributed by atoms with Gasteiger partial charge in [0.15, 0.2) is 11.6 Å². The zero-order valence-corrected chi connectivity index (χ0v) is 27.4. The Bertz CT molecular complexity index is 2740. The number of hydrogen-bond donors (Lipinski definition) is 0. The van der Waals surface area contributed by atoms with Crippen LogP contribution < -0.4 is 4.74 Å². The maximum absolute atomic E-state index is 6.60. The number of fused-ring (bicyclic) bond motifs is 13. The Hall–Kier alpha value is -6.85. The topological polar surface area (TPSA) is 52.8 Å². The molecular weight excluding hydrogens is 625 g/mol. The second kappa shape index (κ2) is 10.6. The summed E-state index contributed by atoms with van der Waals surface area (Å²) < 4.78 is 8.86. The summed E-state index contributed by atoms with van der Waals surface area (Å²) in [6.45, 7) is 0. The quantitative estimate of drug-likeness (QED) is 0.191. The molecule has 2 aromatic heterocycles. The first-order valence-electron chi connectivity index (χ1n) is 17.2. The number of rotatable bonds is 3. The van der Waals surface area contributed by atoms with Crippen LogP contribution in [0.15, 0.2) is 170 Å². The lowest BCUT2D eigenvalue weighted by atomic mass is 9.66. The summed E-state index contributed by atoms with van der Waals surface area (Å²) in [4.78, 5) is 15.5. The maximum atomic E-state index is 6.60. The highest BCUT2D eigenvalue weighted by Crippen LogP contribution is 2.63. The molecule has 0 radical (unpaired) electrons. The van der Waals surface area contributed by atoms with Gasteiger partial charge in [0.2, 0.25) is 5.95 Å². The van der Waals surface area contributed by atoms with Crippen molar-refractivity contribution in [2.75, 3.05) is 0 Å². The van der Waals surface area contributed by atoms with E-state index >= 15 is 0 Å². The lowest BCUT2D eigenvalue weighted by Gasteiger charge is -2.39. The molecule has 0 saturated heterocycles. The van der Waals surface area contributed by atoms with E-state index in [0.717, 1.165) is 55.6 Å². The number of benzene rings is 7. The van der Waals surface area contributed by atoms with Crippen LogP contribution in [0.25, 0.3) is 61.7 Å². The van der Waals surface area contributed by atoms with Crippen molar-refractivity contribution in [2.45, 2.75) is 5.41 Å². The molecule has 1 aliphatic carbocycles. The van der Waals surface area contributed by atoms with Crippen molar-refractivity contribution in [3.8, 4) is 51.3 Å². The summed E-state index contributed by atoms with van der Waals surface area (Å²) in [6, 6.07) is 59.4. The van der Waals surface area contributed by atoms with Gasteiger partial charge in [-0.25, -0.2) is 4.98 Å². The summed E-state index contributed by atoms with van der Waals surface area (Å²) in [5, 5.41) is 2.29. The fourth-order valence-corrected chi connectivity index (χ4v) is 8.50. The van der Waals surface area contributed by atoms with Crippen molar-refractivity contribution < 1.29 is 4.74 Å². The highest BCUT2D eigenvalue weighted by atomic mass is 16.5. The summed E-state index contributed by atoms with van der Waals surface area (Å²) in [5.41, 5.74) is 10.5. The van der Waals surface area contributed by atoms with E-state index in [9.17, 15) is 0 Å². The lowest BCUT2D eigenvalue weighted by molar-refractivity contribution is 0.436. The Labute approximate surface area is 294 Å². The molecule has 9 aromatic rings. The van der Waals surface area contributed by atoms with E-state index < -0.39 is 5.41 Å².